The minimum atomic E-state index is -0.352. The smallest absolute Gasteiger partial charge is 0.257 e. The summed E-state index contributed by atoms with van der Waals surface area (Å²) in [6.07, 6.45) is 1.51. The molecule has 1 aliphatic carbocycles. The Kier molecular flexibility index (Phi) is 3.23. The number of nitrogens with one attached hydrogen (secondary N) is 1. The first-order chi connectivity index (χ1) is 9.65. The first-order valence-electron chi connectivity index (χ1n) is 6.30. The predicted molar refractivity (Wildman–Crippen MR) is 76.8 cm³/mol. The van der Waals surface area contributed by atoms with Crippen LogP contribution in [0.2, 0.25) is 0 Å². The number of fused-ring (bicyclic) bond motifs is 1. The van der Waals surface area contributed by atoms with Crippen LogP contribution in [-0.4, -0.2) is 16.8 Å². The fraction of sp³-hybridized carbons (Fsp3) is 0.214. The van der Waals surface area contributed by atoms with Gasteiger partial charge < -0.3 is 5.73 Å². The van der Waals surface area contributed by atoms with Crippen molar-refractivity contribution in [1.82, 2.24) is 4.98 Å². The number of aryl methyl sites for hydroxylation is 1. The SMILES string of the molecule is NC(=O)C1CCc2sc(NC(=O)c3ccccc3)nc21. The summed E-state index contributed by atoms with van der Waals surface area (Å²) in [5.74, 6) is -0.868. The number of carbonyl (C=O) groups excluding carboxylic acids is 2. The van der Waals surface area contributed by atoms with Crippen LogP contribution in [-0.2, 0) is 11.2 Å². The van der Waals surface area contributed by atoms with E-state index < -0.39 is 0 Å². The zero-order chi connectivity index (χ0) is 14.1. The second-order valence-electron chi connectivity index (χ2n) is 4.64. The lowest BCUT2D eigenvalue weighted by Gasteiger charge is -2.03. The van der Waals surface area contributed by atoms with Gasteiger partial charge in [0.15, 0.2) is 5.13 Å². The van der Waals surface area contributed by atoms with Gasteiger partial charge in [0.2, 0.25) is 5.91 Å². The Morgan fingerprint density at radius 1 is 1.30 bits per heavy atom. The Balaban J connectivity index is 1.79. The van der Waals surface area contributed by atoms with Crippen LogP contribution in [0.4, 0.5) is 5.13 Å². The molecule has 102 valence electrons. The van der Waals surface area contributed by atoms with Gasteiger partial charge in [-0.2, -0.15) is 0 Å². The summed E-state index contributed by atoms with van der Waals surface area (Å²) in [6, 6.07) is 8.94. The van der Waals surface area contributed by atoms with E-state index in [1.807, 2.05) is 6.07 Å². The van der Waals surface area contributed by atoms with E-state index >= 15 is 0 Å². The first-order valence-corrected chi connectivity index (χ1v) is 7.12. The molecule has 3 rings (SSSR count). The average molecular weight is 287 g/mol. The zero-order valence-electron chi connectivity index (χ0n) is 10.6. The van der Waals surface area contributed by atoms with Gasteiger partial charge >= 0.3 is 0 Å². The van der Waals surface area contributed by atoms with Gasteiger partial charge in [-0.15, -0.1) is 11.3 Å². The van der Waals surface area contributed by atoms with Crippen molar-refractivity contribution in [2.24, 2.45) is 5.73 Å². The highest BCUT2D eigenvalue weighted by Gasteiger charge is 2.31. The molecule has 0 bridgehead atoms. The lowest BCUT2D eigenvalue weighted by Crippen LogP contribution is -2.20. The molecular formula is C14H13N3O2S. The van der Waals surface area contributed by atoms with Crippen molar-refractivity contribution < 1.29 is 9.59 Å². The van der Waals surface area contributed by atoms with Gasteiger partial charge in [0.1, 0.15) is 0 Å². The number of nitrogens with zero attached hydrogens (tertiary/aromatic N) is 1. The molecule has 1 aromatic carbocycles. The topological polar surface area (TPSA) is 85.1 Å². The minimum Gasteiger partial charge on any atom is -0.369 e. The van der Waals surface area contributed by atoms with Gasteiger partial charge in [0, 0.05) is 10.4 Å². The van der Waals surface area contributed by atoms with E-state index in [2.05, 4.69) is 10.3 Å². The van der Waals surface area contributed by atoms with Gasteiger partial charge in [-0.25, -0.2) is 4.98 Å². The van der Waals surface area contributed by atoms with Crippen molar-refractivity contribution in [1.29, 1.82) is 0 Å². The third-order valence-corrected chi connectivity index (χ3v) is 4.36. The molecule has 0 aliphatic heterocycles. The highest BCUT2D eigenvalue weighted by atomic mass is 32.1. The summed E-state index contributed by atoms with van der Waals surface area (Å²) in [4.78, 5) is 28.7. The number of hydrogen-bond donors (Lipinski definition) is 2. The number of nitrogens with two attached hydrogens (primary N) is 1. The van der Waals surface area contributed by atoms with Gasteiger partial charge in [-0.1, -0.05) is 18.2 Å². The maximum atomic E-state index is 12.0. The molecule has 1 heterocycles. The quantitative estimate of drug-likeness (QED) is 0.904. The molecule has 2 aromatic rings. The summed E-state index contributed by atoms with van der Waals surface area (Å²) < 4.78 is 0. The molecular weight excluding hydrogens is 274 g/mol. The highest BCUT2D eigenvalue weighted by molar-refractivity contribution is 7.16. The Hall–Kier alpha value is -2.21. The van der Waals surface area contributed by atoms with Gasteiger partial charge in [-0.3, -0.25) is 14.9 Å². The fourth-order valence-electron chi connectivity index (χ4n) is 2.32. The molecule has 20 heavy (non-hydrogen) atoms. The van der Waals surface area contributed by atoms with E-state index in [0.29, 0.717) is 10.7 Å². The average Bonchev–Trinajstić information content (AvgIpc) is 2.98. The van der Waals surface area contributed by atoms with Crippen LogP contribution in [0.15, 0.2) is 30.3 Å². The number of rotatable bonds is 3. The second kappa shape index (κ2) is 5.05. The molecule has 3 N–H and O–H groups in total. The Bertz CT molecular complexity index is 666. The van der Waals surface area contributed by atoms with Crippen LogP contribution >= 0.6 is 11.3 Å². The molecule has 0 spiro atoms. The third-order valence-electron chi connectivity index (χ3n) is 3.32. The normalized spacial score (nSPS) is 16.7. The van der Waals surface area contributed by atoms with E-state index in [-0.39, 0.29) is 17.7 Å². The molecule has 0 fully saturated rings. The highest BCUT2D eigenvalue weighted by Crippen LogP contribution is 2.38. The molecule has 0 saturated heterocycles. The van der Waals surface area contributed by atoms with E-state index in [1.54, 1.807) is 24.3 Å². The summed E-state index contributed by atoms with van der Waals surface area (Å²) in [5.41, 5.74) is 6.66. The number of carbonyl (C=O) groups is 2. The van der Waals surface area contributed by atoms with Crippen LogP contribution < -0.4 is 11.1 Å². The number of primary amides is 1. The van der Waals surface area contributed by atoms with Crippen molar-refractivity contribution in [2.45, 2.75) is 18.8 Å². The lowest BCUT2D eigenvalue weighted by molar-refractivity contribution is -0.119. The maximum absolute atomic E-state index is 12.0. The summed E-state index contributed by atoms with van der Waals surface area (Å²) in [6.45, 7) is 0. The van der Waals surface area contributed by atoms with Gasteiger partial charge in [0.05, 0.1) is 11.6 Å². The van der Waals surface area contributed by atoms with E-state index in [9.17, 15) is 9.59 Å². The van der Waals surface area contributed by atoms with Crippen LogP contribution in [0.5, 0.6) is 0 Å². The van der Waals surface area contributed by atoms with Gasteiger partial charge in [0.25, 0.3) is 5.91 Å². The van der Waals surface area contributed by atoms with Crippen LogP contribution in [0.25, 0.3) is 0 Å². The largest absolute Gasteiger partial charge is 0.369 e. The third kappa shape index (κ3) is 2.30. The van der Waals surface area contributed by atoms with Gasteiger partial charge in [-0.05, 0) is 25.0 Å². The van der Waals surface area contributed by atoms with E-state index in [1.165, 1.54) is 11.3 Å². The number of amides is 2. The predicted octanol–water partition coefficient (Wildman–Crippen LogP) is 1.91. The number of benzene rings is 1. The standard InChI is InChI=1S/C14H13N3O2S/c15-12(18)9-6-7-10-11(9)16-14(20-10)17-13(19)8-4-2-1-3-5-8/h1-5,9H,6-7H2,(H2,15,18)(H,16,17,19). The summed E-state index contributed by atoms with van der Waals surface area (Å²) in [5, 5.41) is 3.29. The first kappa shape index (κ1) is 12.8. The zero-order valence-corrected chi connectivity index (χ0v) is 11.4. The number of thiazole rings is 1. The van der Waals surface area contributed by atoms with Crippen molar-refractivity contribution in [3.05, 3.63) is 46.5 Å². The molecule has 0 radical (unpaired) electrons. The molecule has 5 nitrogen and oxygen atoms in total. The van der Waals surface area contributed by atoms with Crippen LogP contribution in [0.1, 0.15) is 33.3 Å². The molecule has 6 heteroatoms. The Morgan fingerprint density at radius 3 is 2.75 bits per heavy atom. The molecule has 1 unspecified atom stereocenters. The van der Waals surface area contributed by atoms with Crippen molar-refractivity contribution in [3.63, 3.8) is 0 Å². The summed E-state index contributed by atoms with van der Waals surface area (Å²) in [7, 11) is 0. The number of hydrogen-bond acceptors (Lipinski definition) is 4. The Morgan fingerprint density at radius 2 is 2.05 bits per heavy atom. The van der Waals surface area contributed by atoms with E-state index in [4.69, 9.17) is 5.73 Å². The van der Waals surface area contributed by atoms with Crippen molar-refractivity contribution in [2.75, 3.05) is 5.32 Å². The van der Waals surface area contributed by atoms with Crippen LogP contribution in [0, 0.1) is 0 Å². The van der Waals surface area contributed by atoms with E-state index in [0.717, 1.165) is 23.4 Å². The molecule has 0 saturated carbocycles. The lowest BCUT2D eigenvalue weighted by atomic mass is 10.1. The number of anilines is 1. The monoisotopic (exact) mass is 287 g/mol. The van der Waals surface area contributed by atoms with Crippen LogP contribution in [0.3, 0.4) is 0 Å². The number of aromatic nitrogens is 1. The fourth-order valence-corrected chi connectivity index (χ4v) is 3.35. The summed E-state index contributed by atoms with van der Waals surface area (Å²) >= 11 is 1.42. The minimum absolute atomic E-state index is 0.200. The Labute approximate surface area is 119 Å². The van der Waals surface area contributed by atoms with Crippen molar-refractivity contribution in [3.8, 4) is 0 Å². The molecule has 1 aromatic heterocycles. The molecule has 1 aliphatic rings. The molecule has 2 amide bonds. The maximum Gasteiger partial charge on any atom is 0.257 e. The van der Waals surface area contributed by atoms with Crippen molar-refractivity contribution >= 4 is 28.3 Å². The molecule has 1 atom stereocenters. The second-order valence-corrected chi connectivity index (χ2v) is 5.72.